The first-order valence-corrected chi connectivity index (χ1v) is 11.4. The van der Waals surface area contributed by atoms with Crippen molar-refractivity contribution in [2.45, 2.75) is 43.4 Å². The van der Waals surface area contributed by atoms with E-state index >= 15 is 0 Å². The van der Waals surface area contributed by atoms with Crippen molar-refractivity contribution in [1.29, 1.82) is 0 Å². The topological polar surface area (TPSA) is 81.0 Å². The Kier molecular flexibility index (Phi) is 5.66. The highest BCUT2D eigenvalue weighted by Gasteiger charge is 2.31. The number of halogens is 1. The molecule has 1 aliphatic rings. The average molecular weight is 430 g/mol. The number of sulfonamides is 1. The Hall–Kier alpha value is -2.65. The van der Waals surface area contributed by atoms with Crippen molar-refractivity contribution in [3.63, 3.8) is 0 Å². The van der Waals surface area contributed by atoms with Crippen LogP contribution in [0.25, 0.3) is 5.82 Å². The molecule has 30 heavy (non-hydrogen) atoms. The van der Waals surface area contributed by atoms with Crippen molar-refractivity contribution in [2.24, 2.45) is 0 Å². The van der Waals surface area contributed by atoms with Gasteiger partial charge in [-0.05, 0) is 37.1 Å². The summed E-state index contributed by atoms with van der Waals surface area (Å²) in [6, 6.07) is 4.95. The highest BCUT2D eigenvalue weighted by atomic mass is 32.2. The first-order valence-electron chi connectivity index (χ1n) is 9.97. The van der Waals surface area contributed by atoms with Crippen molar-refractivity contribution in [2.75, 3.05) is 13.1 Å². The molecule has 4 rings (SSSR count). The van der Waals surface area contributed by atoms with Crippen molar-refractivity contribution in [1.82, 2.24) is 23.8 Å². The third-order valence-electron chi connectivity index (χ3n) is 5.33. The first kappa shape index (κ1) is 20.6. The molecule has 1 fully saturated rings. The Morgan fingerprint density at radius 1 is 1.17 bits per heavy atom. The van der Waals surface area contributed by atoms with Gasteiger partial charge >= 0.3 is 0 Å². The molecule has 0 bridgehead atoms. The van der Waals surface area contributed by atoms with Crippen LogP contribution in [0.2, 0.25) is 0 Å². The normalized spacial score (nSPS) is 18.1. The fourth-order valence-corrected chi connectivity index (χ4v) is 5.30. The van der Waals surface area contributed by atoms with E-state index in [-0.39, 0.29) is 16.7 Å². The number of hydrogen-bond donors (Lipinski definition) is 0. The second kappa shape index (κ2) is 8.23. The van der Waals surface area contributed by atoms with Crippen LogP contribution in [-0.4, -0.2) is 45.3 Å². The number of nitrogens with zero attached hydrogens (tertiary/aromatic N) is 5. The Morgan fingerprint density at radius 2 is 1.93 bits per heavy atom. The molecule has 158 valence electrons. The number of aromatic nitrogens is 4. The Morgan fingerprint density at radius 3 is 2.67 bits per heavy atom. The Bertz CT molecular complexity index is 1130. The van der Waals surface area contributed by atoms with Gasteiger partial charge in [0.1, 0.15) is 11.6 Å². The highest BCUT2D eigenvalue weighted by Crippen LogP contribution is 2.30. The lowest BCUT2D eigenvalue weighted by Crippen LogP contribution is -2.39. The van der Waals surface area contributed by atoms with E-state index in [1.165, 1.54) is 28.6 Å². The standard InChI is InChI=1S/C21H24FN5O2S/c1-15(2)21-24-9-11-27(21)20-13-23-12-19(25-20)16-4-3-10-26(14-16)30(28,29)18-7-5-17(22)6-8-18/h5-9,11-13,15-16H,3-4,10,14H2,1-2H3. The molecule has 0 spiro atoms. The lowest BCUT2D eigenvalue weighted by molar-refractivity contribution is 0.312. The summed E-state index contributed by atoms with van der Waals surface area (Å²) in [6.45, 7) is 4.88. The molecule has 0 amide bonds. The number of piperidine rings is 1. The van der Waals surface area contributed by atoms with E-state index < -0.39 is 15.8 Å². The maximum Gasteiger partial charge on any atom is 0.243 e. The Labute approximate surface area is 175 Å². The summed E-state index contributed by atoms with van der Waals surface area (Å²) in [4.78, 5) is 13.6. The maximum absolute atomic E-state index is 13.2. The van der Waals surface area contributed by atoms with Gasteiger partial charge in [0.05, 0.1) is 16.8 Å². The molecule has 1 aromatic carbocycles. The molecule has 0 radical (unpaired) electrons. The van der Waals surface area contributed by atoms with Crippen LogP contribution in [0.15, 0.2) is 53.9 Å². The summed E-state index contributed by atoms with van der Waals surface area (Å²) in [5, 5.41) is 0. The zero-order valence-electron chi connectivity index (χ0n) is 16.9. The molecule has 1 aliphatic heterocycles. The zero-order chi connectivity index (χ0) is 21.3. The number of rotatable bonds is 5. The summed E-state index contributed by atoms with van der Waals surface area (Å²) in [5.41, 5.74) is 0.759. The predicted molar refractivity (Wildman–Crippen MR) is 110 cm³/mol. The van der Waals surface area contributed by atoms with Crippen molar-refractivity contribution in [3.05, 3.63) is 66.4 Å². The third-order valence-corrected chi connectivity index (χ3v) is 7.21. The minimum Gasteiger partial charge on any atom is -0.286 e. The molecule has 0 aliphatic carbocycles. The van der Waals surface area contributed by atoms with Gasteiger partial charge in [-0.1, -0.05) is 13.8 Å². The highest BCUT2D eigenvalue weighted by molar-refractivity contribution is 7.89. The summed E-state index contributed by atoms with van der Waals surface area (Å²) in [7, 11) is -3.69. The fraction of sp³-hybridized carbons (Fsp3) is 0.381. The van der Waals surface area contributed by atoms with E-state index in [1.54, 1.807) is 18.6 Å². The van der Waals surface area contributed by atoms with Gasteiger partial charge in [-0.15, -0.1) is 0 Å². The van der Waals surface area contributed by atoms with Gasteiger partial charge in [-0.3, -0.25) is 9.55 Å². The molecular formula is C21H24FN5O2S. The SMILES string of the molecule is CC(C)c1nccn1-c1cncc(C2CCCN(S(=O)(=O)c3ccc(F)cc3)C2)n1. The summed E-state index contributed by atoms with van der Waals surface area (Å²) >= 11 is 0. The van der Waals surface area contributed by atoms with E-state index in [4.69, 9.17) is 4.98 Å². The first-order chi connectivity index (χ1) is 14.4. The lowest BCUT2D eigenvalue weighted by atomic mass is 9.96. The van der Waals surface area contributed by atoms with Gasteiger partial charge in [-0.2, -0.15) is 4.31 Å². The van der Waals surface area contributed by atoms with Crippen molar-refractivity contribution < 1.29 is 12.8 Å². The maximum atomic E-state index is 13.2. The molecule has 0 N–H and O–H groups in total. The lowest BCUT2D eigenvalue weighted by Gasteiger charge is -2.31. The van der Waals surface area contributed by atoms with Crippen LogP contribution >= 0.6 is 0 Å². The van der Waals surface area contributed by atoms with Crippen LogP contribution in [0, 0.1) is 5.82 Å². The molecule has 1 saturated heterocycles. The van der Waals surface area contributed by atoms with E-state index in [2.05, 4.69) is 23.8 Å². The van der Waals surface area contributed by atoms with E-state index in [0.29, 0.717) is 18.9 Å². The van der Waals surface area contributed by atoms with Crippen molar-refractivity contribution in [3.8, 4) is 5.82 Å². The van der Waals surface area contributed by atoms with Crippen LogP contribution < -0.4 is 0 Å². The Balaban J connectivity index is 1.59. The number of benzene rings is 1. The van der Waals surface area contributed by atoms with Crippen molar-refractivity contribution >= 4 is 10.0 Å². The smallest absolute Gasteiger partial charge is 0.243 e. The second-order valence-electron chi connectivity index (χ2n) is 7.77. The van der Waals surface area contributed by atoms with Crippen LogP contribution in [0.5, 0.6) is 0 Å². The molecule has 0 saturated carbocycles. The number of imidazole rings is 1. The molecule has 9 heteroatoms. The van der Waals surface area contributed by atoms with E-state index in [0.717, 1.165) is 24.4 Å². The van der Waals surface area contributed by atoms with Gasteiger partial charge in [0.2, 0.25) is 10.0 Å². The largest absolute Gasteiger partial charge is 0.286 e. The van der Waals surface area contributed by atoms with Gasteiger partial charge in [0.15, 0.2) is 5.82 Å². The van der Waals surface area contributed by atoms with Gasteiger partial charge in [0, 0.05) is 43.5 Å². The molecule has 3 heterocycles. The molecule has 3 aromatic rings. The zero-order valence-corrected chi connectivity index (χ0v) is 17.8. The van der Waals surface area contributed by atoms with Gasteiger partial charge < -0.3 is 0 Å². The molecule has 1 unspecified atom stereocenters. The minimum absolute atomic E-state index is 0.0626. The monoisotopic (exact) mass is 429 g/mol. The van der Waals surface area contributed by atoms with E-state index in [9.17, 15) is 12.8 Å². The molecular weight excluding hydrogens is 405 g/mol. The molecule has 7 nitrogen and oxygen atoms in total. The quantitative estimate of drug-likeness (QED) is 0.620. The second-order valence-corrected chi connectivity index (χ2v) is 9.71. The van der Waals surface area contributed by atoms with Gasteiger partial charge in [0.25, 0.3) is 0 Å². The third kappa shape index (κ3) is 3.99. The minimum atomic E-state index is -3.69. The number of hydrogen-bond acceptors (Lipinski definition) is 5. The molecule has 2 aromatic heterocycles. The predicted octanol–water partition coefficient (Wildman–Crippen LogP) is 3.49. The van der Waals surface area contributed by atoms with Crippen LogP contribution in [0.3, 0.4) is 0 Å². The van der Waals surface area contributed by atoms with Crippen LogP contribution in [0.1, 0.15) is 50.0 Å². The van der Waals surface area contributed by atoms with E-state index in [1.807, 2.05) is 10.8 Å². The summed E-state index contributed by atoms with van der Waals surface area (Å²) in [5.74, 6) is 1.28. The van der Waals surface area contributed by atoms with Crippen LogP contribution in [-0.2, 0) is 10.0 Å². The van der Waals surface area contributed by atoms with Gasteiger partial charge in [-0.25, -0.2) is 22.8 Å². The van der Waals surface area contributed by atoms with Crippen LogP contribution in [0.4, 0.5) is 4.39 Å². The summed E-state index contributed by atoms with van der Waals surface area (Å²) < 4.78 is 42.6. The fourth-order valence-electron chi connectivity index (χ4n) is 3.78. The molecule has 1 atom stereocenters. The average Bonchev–Trinajstić information content (AvgIpc) is 3.25. The summed E-state index contributed by atoms with van der Waals surface area (Å²) in [6.07, 6.45) is 8.53.